The lowest BCUT2D eigenvalue weighted by Gasteiger charge is -2.12. The molecule has 0 spiro atoms. The first-order chi connectivity index (χ1) is 9.10. The van der Waals surface area contributed by atoms with Crippen molar-refractivity contribution in [1.29, 1.82) is 0 Å². The van der Waals surface area contributed by atoms with E-state index in [0.717, 1.165) is 15.7 Å². The Morgan fingerprint density at radius 1 is 1.32 bits per heavy atom. The van der Waals surface area contributed by atoms with Crippen molar-refractivity contribution in [2.45, 2.75) is 11.8 Å². The molecule has 1 aromatic carbocycles. The molecule has 0 radical (unpaired) electrons. The molecule has 3 nitrogen and oxygen atoms in total. The number of hydrogen-bond donors (Lipinski definition) is 0. The van der Waals surface area contributed by atoms with Gasteiger partial charge in [0, 0.05) is 27.7 Å². The molecule has 0 saturated carbocycles. The monoisotopic (exact) mass is 360 g/mol. The summed E-state index contributed by atoms with van der Waals surface area (Å²) in [6.07, 6.45) is 2.05. The highest BCUT2D eigenvalue weighted by atomic mass is 79.9. The Hall–Kier alpha value is -0.840. The zero-order valence-electron chi connectivity index (χ0n) is 10.1. The summed E-state index contributed by atoms with van der Waals surface area (Å²) in [6, 6.07) is 7.33. The van der Waals surface area contributed by atoms with Crippen molar-refractivity contribution in [2.75, 3.05) is 7.11 Å². The average molecular weight is 362 g/mol. The van der Waals surface area contributed by atoms with Gasteiger partial charge in [0.2, 0.25) is 5.88 Å². The van der Waals surface area contributed by atoms with Gasteiger partial charge in [-0.15, -0.1) is 11.6 Å². The van der Waals surface area contributed by atoms with Crippen LogP contribution in [0.1, 0.15) is 16.6 Å². The number of benzene rings is 1. The van der Waals surface area contributed by atoms with E-state index < -0.39 is 0 Å². The second-order valence-corrected chi connectivity index (χ2v) is 5.71. The zero-order valence-corrected chi connectivity index (χ0v) is 13.2. The second kappa shape index (κ2) is 6.55. The number of alkyl halides is 1. The third-order valence-electron chi connectivity index (χ3n) is 2.60. The van der Waals surface area contributed by atoms with Crippen LogP contribution in [-0.4, -0.2) is 17.1 Å². The average Bonchev–Trinajstić information content (AvgIpc) is 2.38. The summed E-state index contributed by atoms with van der Waals surface area (Å²) in [5.74, 6) is 0.532. The quantitative estimate of drug-likeness (QED) is 0.756. The van der Waals surface area contributed by atoms with Gasteiger partial charge in [0.15, 0.2) is 0 Å². The van der Waals surface area contributed by atoms with Crippen LogP contribution in [-0.2, 0) is 6.42 Å². The molecule has 0 aliphatic heterocycles. The second-order valence-electron chi connectivity index (χ2n) is 3.89. The van der Waals surface area contributed by atoms with Crippen LogP contribution in [0.4, 0.5) is 0 Å². The Labute approximate surface area is 130 Å². The highest BCUT2D eigenvalue weighted by Crippen LogP contribution is 2.32. The fourth-order valence-corrected chi connectivity index (χ4v) is 3.09. The van der Waals surface area contributed by atoms with Crippen LogP contribution in [0.15, 0.2) is 35.1 Å². The molecule has 0 saturated heterocycles. The largest absolute Gasteiger partial charge is 0.481 e. The van der Waals surface area contributed by atoms with Crippen molar-refractivity contribution in [3.8, 4) is 5.88 Å². The molecule has 19 heavy (non-hydrogen) atoms. The molecule has 0 N–H and O–H groups in total. The van der Waals surface area contributed by atoms with Gasteiger partial charge < -0.3 is 4.74 Å². The maximum atomic E-state index is 6.42. The summed E-state index contributed by atoms with van der Waals surface area (Å²) >= 11 is 15.8. The van der Waals surface area contributed by atoms with Gasteiger partial charge in [-0.25, -0.2) is 9.97 Å². The molecule has 0 amide bonds. The first-order valence-electron chi connectivity index (χ1n) is 5.54. The van der Waals surface area contributed by atoms with Gasteiger partial charge in [-0.3, -0.25) is 0 Å². The van der Waals surface area contributed by atoms with E-state index in [9.17, 15) is 0 Å². The van der Waals surface area contributed by atoms with Gasteiger partial charge in [-0.05, 0) is 17.7 Å². The summed E-state index contributed by atoms with van der Waals surface area (Å²) in [5, 5.41) is 0.467. The standard InChI is InChI=1S/C13H11BrCl2N2O/c1-19-13-6-9(17-7-18-13)5-12(16)10-3-2-8(15)4-11(10)14/h2-4,6-7,12H,5H2,1H3. The van der Waals surface area contributed by atoms with Gasteiger partial charge in [0.05, 0.1) is 12.5 Å². The molecule has 0 bridgehead atoms. The van der Waals surface area contributed by atoms with Crippen LogP contribution in [0.2, 0.25) is 5.02 Å². The predicted octanol–water partition coefficient (Wildman–Crippen LogP) is 4.42. The maximum absolute atomic E-state index is 6.42. The van der Waals surface area contributed by atoms with Crippen LogP contribution in [0.3, 0.4) is 0 Å². The molecule has 100 valence electrons. The topological polar surface area (TPSA) is 35.0 Å². The van der Waals surface area contributed by atoms with Gasteiger partial charge in [0.1, 0.15) is 6.33 Å². The van der Waals surface area contributed by atoms with E-state index >= 15 is 0 Å². The number of nitrogens with zero attached hydrogens (tertiary/aromatic N) is 2. The number of ether oxygens (including phenoxy) is 1. The Bertz CT molecular complexity index is 580. The lowest BCUT2D eigenvalue weighted by Crippen LogP contribution is -2.00. The third kappa shape index (κ3) is 3.81. The molecular formula is C13H11BrCl2N2O. The van der Waals surface area contributed by atoms with Crippen molar-refractivity contribution in [3.05, 3.63) is 51.3 Å². The van der Waals surface area contributed by atoms with Crippen molar-refractivity contribution < 1.29 is 4.74 Å². The number of aromatic nitrogens is 2. The molecule has 1 heterocycles. The Morgan fingerprint density at radius 3 is 2.79 bits per heavy atom. The smallest absolute Gasteiger partial charge is 0.216 e. The van der Waals surface area contributed by atoms with Gasteiger partial charge in [-0.1, -0.05) is 33.6 Å². The summed E-state index contributed by atoms with van der Waals surface area (Å²) in [7, 11) is 1.57. The van der Waals surface area contributed by atoms with Crippen molar-refractivity contribution in [1.82, 2.24) is 9.97 Å². The third-order valence-corrected chi connectivity index (χ3v) is 3.91. The molecule has 0 aliphatic rings. The molecule has 1 aromatic heterocycles. The lowest BCUT2D eigenvalue weighted by atomic mass is 10.1. The summed E-state index contributed by atoms with van der Waals surface area (Å²) in [5.41, 5.74) is 1.80. The fourth-order valence-electron chi connectivity index (χ4n) is 1.65. The van der Waals surface area contributed by atoms with Crippen molar-refractivity contribution >= 4 is 39.1 Å². The van der Waals surface area contributed by atoms with Gasteiger partial charge in [-0.2, -0.15) is 0 Å². The molecule has 0 fully saturated rings. The van der Waals surface area contributed by atoms with Crippen molar-refractivity contribution in [2.24, 2.45) is 0 Å². The highest BCUT2D eigenvalue weighted by Gasteiger charge is 2.14. The van der Waals surface area contributed by atoms with E-state index in [4.69, 9.17) is 27.9 Å². The summed E-state index contributed by atoms with van der Waals surface area (Å²) in [6.45, 7) is 0. The van der Waals surface area contributed by atoms with E-state index in [1.54, 1.807) is 13.2 Å². The lowest BCUT2D eigenvalue weighted by molar-refractivity contribution is 0.396. The normalized spacial score (nSPS) is 12.2. The summed E-state index contributed by atoms with van der Waals surface area (Å²) in [4.78, 5) is 8.15. The highest BCUT2D eigenvalue weighted by molar-refractivity contribution is 9.10. The molecule has 2 rings (SSSR count). The zero-order chi connectivity index (χ0) is 13.8. The first kappa shape index (κ1) is 14.6. The number of halogens is 3. The van der Waals surface area contributed by atoms with E-state index in [1.165, 1.54) is 6.33 Å². The van der Waals surface area contributed by atoms with Crippen LogP contribution in [0.25, 0.3) is 0 Å². The molecule has 1 unspecified atom stereocenters. The maximum Gasteiger partial charge on any atom is 0.216 e. The Balaban J connectivity index is 2.17. The minimum Gasteiger partial charge on any atom is -0.481 e. The summed E-state index contributed by atoms with van der Waals surface area (Å²) < 4.78 is 5.95. The van der Waals surface area contributed by atoms with E-state index in [0.29, 0.717) is 17.3 Å². The Kier molecular flexibility index (Phi) is 5.02. The number of hydrogen-bond acceptors (Lipinski definition) is 3. The van der Waals surface area contributed by atoms with Crippen LogP contribution < -0.4 is 4.74 Å². The van der Waals surface area contributed by atoms with E-state index in [-0.39, 0.29) is 5.38 Å². The number of methoxy groups -OCH3 is 1. The molecule has 0 aliphatic carbocycles. The van der Waals surface area contributed by atoms with E-state index in [1.807, 2.05) is 18.2 Å². The molecular weight excluding hydrogens is 351 g/mol. The minimum absolute atomic E-state index is 0.203. The predicted molar refractivity (Wildman–Crippen MR) is 80.0 cm³/mol. The molecule has 2 aromatic rings. The molecule has 1 atom stereocenters. The van der Waals surface area contributed by atoms with Crippen LogP contribution in [0.5, 0.6) is 5.88 Å². The molecule has 6 heteroatoms. The first-order valence-corrected chi connectivity index (χ1v) is 7.15. The van der Waals surface area contributed by atoms with Crippen molar-refractivity contribution in [3.63, 3.8) is 0 Å². The van der Waals surface area contributed by atoms with Gasteiger partial charge in [0.25, 0.3) is 0 Å². The van der Waals surface area contributed by atoms with E-state index in [2.05, 4.69) is 25.9 Å². The fraction of sp³-hybridized carbons (Fsp3) is 0.231. The number of rotatable bonds is 4. The minimum atomic E-state index is -0.203. The van der Waals surface area contributed by atoms with Gasteiger partial charge >= 0.3 is 0 Å². The Morgan fingerprint density at radius 2 is 2.11 bits per heavy atom. The SMILES string of the molecule is COc1cc(CC(Cl)c2ccc(Cl)cc2Br)ncn1. The van der Waals surface area contributed by atoms with Crippen LogP contribution >= 0.6 is 39.1 Å². The van der Waals surface area contributed by atoms with Crippen LogP contribution in [0, 0.1) is 0 Å².